The SMILES string of the molecule is O=C1N=C(C(=O)c2ccccc2)C(=O)N1. The zero-order chi connectivity index (χ0) is 10.8. The van der Waals surface area contributed by atoms with E-state index in [1.165, 1.54) is 0 Å². The van der Waals surface area contributed by atoms with E-state index in [1.807, 2.05) is 5.32 Å². The quantitative estimate of drug-likeness (QED) is 0.712. The molecule has 0 aromatic heterocycles. The number of urea groups is 1. The van der Waals surface area contributed by atoms with Gasteiger partial charge in [0.05, 0.1) is 0 Å². The van der Waals surface area contributed by atoms with Gasteiger partial charge < -0.3 is 0 Å². The van der Waals surface area contributed by atoms with Crippen LogP contribution in [0.3, 0.4) is 0 Å². The molecule has 0 bridgehead atoms. The van der Waals surface area contributed by atoms with E-state index in [0.717, 1.165) is 0 Å². The van der Waals surface area contributed by atoms with Gasteiger partial charge in [-0.3, -0.25) is 14.9 Å². The highest BCUT2D eigenvalue weighted by Crippen LogP contribution is 2.04. The summed E-state index contributed by atoms with van der Waals surface area (Å²) in [5.41, 5.74) is -0.0210. The van der Waals surface area contributed by atoms with Crippen molar-refractivity contribution in [2.75, 3.05) is 0 Å². The van der Waals surface area contributed by atoms with Crippen LogP contribution in [0, 0.1) is 0 Å². The lowest BCUT2D eigenvalue weighted by atomic mass is 10.1. The number of benzene rings is 1. The molecule has 0 saturated heterocycles. The van der Waals surface area contributed by atoms with Crippen molar-refractivity contribution in [2.45, 2.75) is 0 Å². The average Bonchev–Trinajstić information content (AvgIpc) is 2.58. The minimum absolute atomic E-state index is 0.334. The van der Waals surface area contributed by atoms with Gasteiger partial charge in [-0.15, -0.1) is 0 Å². The second kappa shape index (κ2) is 3.45. The Morgan fingerprint density at radius 1 is 1.13 bits per heavy atom. The molecular weight excluding hydrogens is 196 g/mol. The molecule has 0 atom stereocenters. The summed E-state index contributed by atoms with van der Waals surface area (Å²) in [6.45, 7) is 0. The van der Waals surface area contributed by atoms with Crippen LogP contribution in [0.2, 0.25) is 0 Å². The number of rotatable bonds is 2. The van der Waals surface area contributed by atoms with Gasteiger partial charge in [0.25, 0.3) is 5.91 Å². The van der Waals surface area contributed by atoms with Gasteiger partial charge in [0.2, 0.25) is 5.78 Å². The lowest BCUT2D eigenvalue weighted by molar-refractivity contribution is -0.113. The number of carbonyl (C=O) groups is 3. The zero-order valence-corrected chi connectivity index (χ0v) is 7.56. The normalized spacial score (nSPS) is 14.8. The van der Waals surface area contributed by atoms with E-state index >= 15 is 0 Å². The van der Waals surface area contributed by atoms with Crippen molar-refractivity contribution in [3.8, 4) is 0 Å². The molecule has 1 aromatic rings. The van der Waals surface area contributed by atoms with Crippen molar-refractivity contribution in [1.82, 2.24) is 5.32 Å². The number of nitrogens with zero attached hydrogens (tertiary/aromatic N) is 1. The second-order valence-electron chi connectivity index (χ2n) is 2.91. The summed E-state index contributed by atoms with van der Waals surface area (Å²) in [5.74, 6) is -1.28. The third-order valence-corrected chi connectivity index (χ3v) is 1.90. The Kier molecular flexibility index (Phi) is 2.13. The molecule has 1 N–H and O–H groups in total. The highest BCUT2D eigenvalue weighted by atomic mass is 16.2. The number of aliphatic imine (C=N–C) groups is 1. The van der Waals surface area contributed by atoms with Crippen LogP contribution in [0.1, 0.15) is 10.4 Å². The van der Waals surface area contributed by atoms with Gasteiger partial charge in [-0.1, -0.05) is 30.3 Å². The molecule has 5 nitrogen and oxygen atoms in total. The summed E-state index contributed by atoms with van der Waals surface area (Å²) in [4.78, 5) is 36.8. The van der Waals surface area contributed by atoms with Gasteiger partial charge in [-0.05, 0) is 0 Å². The largest absolute Gasteiger partial charge is 0.348 e. The number of nitrogens with one attached hydrogen (secondary N) is 1. The summed E-state index contributed by atoms with van der Waals surface area (Å²) in [7, 11) is 0. The maximum absolute atomic E-state index is 11.7. The maximum Gasteiger partial charge on any atom is 0.348 e. The van der Waals surface area contributed by atoms with Crippen molar-refractivity contribution in [2.24, 2.45) is 4.99 Å². The number of ketones is 1. The van der Waals surface area contributed by atoms with Crippen molar-refractivity contribution in [1.29, 1.82) is 0 Å². The van der Waals surface area contributed by atoms with Crippen molar-refractivity contribution >= 4 is 23.4 Å². The summed E-state index contributed by atoms with van der Waals surface area (Å²) in [5, 5.41) is 1.92. The van der Waals surface area contributed by atoms with Gasteiger partial charge >= 0.3 is 6.03 Å². The van der Waals surface area contributed by atoms with Gasteiger partial charge in [-0.25, -0.2) is 4.79 Å². The molecule has 0 spiro atoms. The number of carbonyl (C=O) groups excluding carboxylic acids is 3. The Labute approximate surface area is 84.8 Å². The van der Waals surface area contributed by atoms with E-state index in [-0.39, 0.29) is 5.71 Å². The molecule has 74 valence electrons. The summed E-state index contributed by atoms with van der Waals surface area (Å²) >= 11 is 0. The Bertz CT molecular complexity index is 477. The Morgan fingerprint density at radius 2 is 1.80 bits per heavy atom. The molecule has 1 aliphatic rings. The molecule has 1 aromatic carbocycles. The van der Waals surface area contributed by atoms with Crippen LogP contribution in [0.4, 0.5) is 4.79 Å². The number of hydrogen-bond acceptors (Lipinski definition) is 3. The van der Waals surface area contributed by atoms with E-state index in [2.05, 4.69) is 4.99 Å². The lowest BCUT2D eigenvalue weighted by Crippen LogP contribution is -2.29. The number of Topliss-reactive ketones (excluding diaryl/α,β-unsaturated/α-hetero) is 1. The number of amides is 3. The van der Waals surface area contributed by atoms with Gasteiger partial charge in [0.15, 0.2) is 5.71 Å². The van der Waals surface area contributed by atoms with Crippen LogP contribution < -0.4 is 5.32 Å². The Balaban J connectivity index is 2.34. The topological polar surface area (TPSA) is 75.6 Å². The van der Waals surface area contributed by atoms with Crippen molar-refractivity contribution in [3.63, 3.8) is 0 Å². The summed E-state index contributed by atoms with van der Waals surface area (Å²) in [6.07, 6.45) is 0. The van der Waals surface area contributed by atoms with Crippen LogP contribution in [0.5, 0.6) is 0 Å². The molecule has 0 unspecified atom stereocenters. The third kappa shape index (κ3) is 1.67. The monoisotopic (exact) mass is 202 g/mol. The standard InChI is InChI=1S/C10H6N2O3/c13-8(6-4-2-1-3-5-6)7-9(14)12-10(15)11-7/h1-5H,(H,12,14,15). The average molecular weight is 202 g/mol. The molecule has 0 radical (unpaired) electrons. The molecule has 15 heavy (non-hydrogen) atoms. The van der Waals surface area contributed by atoms with Crippen LogP contribution in [-0.4, -0.2) is 23.4 Å². The summed E-state index contributed by atoms with van der Waals surface area (Å²) in [6, 6.07) is 7.41. The predicted octanol–water partition coefficient (Wildman–Crippen LogP) is 0.560. The van der Waals surface area contributed by atoms with E-state index in [9.17, 15) is 14.4 Å². The van der Waals surface area contributed by atoms with E-state index in [0.29, 0.717) is 5.56 Å². The minimum atomic E-state index is -0.792. The molecule has 3 amide bonds. The van der Waals surface area contributed by atoms with Crippen LogP contribution in [-0.2, 0) is 4.79 Å². The highest BCUT2D eigenvalue weighted by Gasteiger charge is 2.29. The first-order valence-electron chi connectivity index (χ1n) is 4.22. The molecule has 1 heterocycles. The van der Waals surface area contributed by atoms with E-state index in [4.69, 9.17) is 0 Å². The number of hydrogen-bond donors (Lipinski definition) is 1. The fourth-order valence-electron chi connectivity index (χ4n) is 1.22. The van der Waals surface area contributed by atoms with Crippen LogP contribution >= 0.6 is 0 Å². The van der Waals surface area contributed by atoms with E-state index < -0.39 is 17.7 Å². The molecule has 2 rings (SSSR count). The molecule has 1 aliphatic heterocycles. The molecule has 0 fully saturated rings. The first-order valence-corrected chi connectivity index (χ1v) is 4.22. The first kappa shape index (κ1) is 9.26. The predicted molar refractivity (Wildman–Crippen MR) is 51.7 cm³/mol. The fourth-order valence-corrected chi connectivity index (χ4v) is 1.22. The molecular formula is C10H6N2O3. The van der Waals surface area contributed by atoms with Gasteiger partial charge in [-0.2, -0.15) is 4.99 Å². The molecule has 0 saturated carbocycles. The first-order chi connectivity index (χ1) is 7.18. The van der Waals surface area contributed by atoms with Crippen LogP contribution in [0.15, 0.2) is 35.3 Å². The summed E-state index contributed by atoms with van der Waals surface area (Å²) < 4.78 is 0. The Hall–Kier alpha value is -2.30. The second-order valence-corrected chi connectivity index (χ2v) is 2.91. The Morgan fingerprint density at radius 3 is 2.33 bits per heavy atom. The van der Waals surface area contributed by atoms with Crippen LogP contribution in [0.25, 0.3) is 0 Å². The molecule has 0 aliphatic carbocycles. The highest BCUT2D eigenvalue weighted by molar-refractivity contribution is 6.72. The van der Waals surface area contributed by atoms with E-state index in [1.54, 1.807) is 30.3 Å². The third-order valence-electron chi connectivity index (χ3n) is 1.90. The van der Waals surface area contributed by atoms with Gasteiger partial charge in [0.1, 0.15) is 0 Å². The lowest BCUT2D eigenvalue weighted by Gasteiger charge is -1.96. The van der Waals surface area contributed by atoms with Crippen molar-refractivity contribution in [3.05, 3.63) is 35.9 Å². The smallest absolute Gasteiger partial charge is 0.287 e. The molecule has 5 heteroatoms. The van der Waals surface area contributed by atoms with Gasteiger partial charge in [0, 0.05) is 5.56 Å². The maximum atomic E-state index is 11.7. The zero-order valence-electron chi connectivity index (χ0n) is 7.56. The fraction of sp³-hybridized carbons (Fsp3) is 0. The van der Waals surface area contributed by atoms with Crippen molar-refractivity contribution < 1.29 is 14.4 Å². The minimum Gasteiger partial charge on any atom is -0.287 e. The number of imide groups is 1.